The molecule has 0 bridgehead atoms. The van der Waals surface area contributed by atoms with E-state index in [4.69, 9.17) is 19.3 Å². The minimum Gasteiger partial charge on any atom is -0.462 e. The first-order valence-electron chi connectivity index (χ1n) is 26.5. The van der Waals surface area contributed by atoms with Gasteiger partial charge in [-0.15, -0.1) is 0 Å². The Balaban J connectivity index is 3.78. The number of unbranched alkanes of at least 4 members (excludes halogenated alkanes) is 38. The van der Waals surface area contributed by atoms with Crippen molar-refractivity contribution in [2.75, 3.05) is 13.2 Å². The Morgan fingerprint density at radius 2 is 0.705 bits per heavy atom. The Morgan fingerprint density at radius 3 is 1.05 bits per heavy atom. The van der Waals surface area contributed by atoms with E-state index < -0.39 is 32.5 Å². The van der Waals surface area contributed by atoms with Gasteiger partial charge in [0, 0.05) is 12.8 Å². The predicted octanol–water partition coefficient (Wildman–Crippen LogP) is 16.9. The summed E-state index contributed by atoms with van der Waals surface area (Å²) in [6, 6.07) is 0. The van der Waals surface area contributed by atoms with Crippen LogP contribution in [0.4, 0.5) is 0 Å². The van der Waals surface area contributed by atoms with Crippen molar-refractivity contribution in [3.8, 4) is 0 Å². The highest BCUT2D eigenvalue weighted by Gasteiger charge is 2.23. The summed E-state index contributed by atoms with van der Waals surface area (Å²) >= 11 is 0. The molecule has 8 nitrogen and oxygen atoms in total. The number of carbonyl (C=O) groups excluding carboxylic acids is 2. The summed E-state index contributed by atoms with van der Waals surface area (Å²) < 4.78 is 26.5. The van der Waals surface area contributed by atoms with Crippen LogP contribution in [0, 0.1) is 0 Å². The van der Waals surface area contributed by atoms with Crippen LogP contribution in [0.25, 0.3) is 0 Å². The molecular weight excluding hydrogens is 784 g/mol. The van der Waals surface area contributed by atoms with Gasteiger partial charge in [0.1, 0.15) is 6.61 Å². The molecule has 0 radical (unpaired) electrons. The smallest absolute Gasteiger partial charge is 0.462 e. The Bertz CT molecular complexity index is 998. The van der Waals surface area contributed by atoms with Crippen LogP contribution >= 0.6 is 7.82 Å². The fourth-order valence-corrected chi connectivity index (χ4v) is 8.45. The third-order valence-corrected chi connectivity index (χ3v) is 12.5. The second-order valence-electron chi connectivity index (χ2n) is 18.2. The van der Waals surface area contributed by atoms with Gasteiger partial charge in [-0.25, -0.2) is 4.57 Å². The summed E-state index contributed by atoms with van der Waals surface area (Å²) in [5, 5.41) is 0. The molecule has 0 aromatic rings. The molecule has 61 heavy (non-hydrogen) atoms. The van der Waals surface area contributed by atoms with E-state index in [2.05, 4.69) is 30.5 Å². The molecule has 0 aliphatic rings. The number of ether oxygens (including phenoxy) is 2. The lowest BCUT2D eigenvalue weighted by Crippen LogP contribution is -2.29. The lowest BCUT2D eigenvalue weighted by atomic mass is 10.0. The van der Waals surface area contributed by atoms with Gasteiger partial charge < -0.3 is 19.3 Å². The number of esters is 2. The standard InChI is InChI=1S/C52H101O8P/c1-3-5-7-9-11-13-15-17-19-21-23-25-26-27-29-30-32-34-36-38-40-42-44-46-51(53)58-48-50(49-59-61(55,56)57)60-52(54)47-45-43-41-39-37-35-33-31-28-24-22-20-18-16-14-12-10-8-6-4-2/h38,40,50H,3-37,39,41-49H2,1-2H3,(H2,55,56,57)/b40-38+/t50-/m1/s1. The molecule has 2 N–H and O–H groups in total. The lowest BCUT2D eigenvalue weighted by molar-refractivity contribution is -0.161. The van der Waals surface area contributed by atoms with E-state index in [-0.39, 0.29) is 19.4 Å². The van der Waals surface area contributed by atoms with Crippen molar-refractivity contribution in [3.05, 3.63) is 12.2 Å². The van der Waals surface area contributed by atoms with Crippen LogP contribution in [0.3, 0.4) is 0 Å². The van der Waals surface area contributed by atoms with E-state index in [1.54, 1.807) is 0 Å². The molecule has 362 valence electrons. The van der Waals surface area contributed by atoms with Crippen molar-refractivity contribution < 1.29 is 37.9 Å². The molecule has 0 unspecified atom stereocenters. The van der Waals surface area contributed by atoms with Gasteiger partial charge in [0.05, 0.1) is 6.61 Å². The minimum atomic E-state index is -4.76. The molecule has 0 saturated carbocycles. The molecule has 0 amide bonds. The molecule has 0 aromatic heterocycles. The second kappa shape index (κ2) is 48.3. The third kappa shape index (κ3) is 51.3. The molecule has 0 aliphatic carbocycles. The van der Waals surface area contributed by atoms with Crippen LogP contribution in [0.1, 0.15) is 290 Å². The zero-order valence-corrected chi connectivity index (χ0v) is 41.2. The Morgan fingerprint density at radius 1 is 0.410 bits per heavy atom. The first-order valence-corrected chi connectivity index (χ1v) is 28.0. The van der Waals surface area contributed by atoms with Gasteiger partial charge in [0.25, 0.3) is 0 Å². The van der Waals surface area contributed by atoms with Crippen molar-refractivity contribution >= 4 is 19.8 Å². The number of phosphoric ester groups is 1. The summed E-state index contributed by atoms with van der Waals surface area (Å²) in [4.78, 5) is 43.1. The quantitative estimate of drug-likeness (QED) is 0.0268. The number of hydrogen-bond donors (Lipinski definition) is 2. The van der Waals surface area contributed by atoms with Gasteiger partial charge in [-0.1, -0.05) is 257 Å². The largest absolute Gasteiger partial charge is 0.469 e. The number of phosphoric acid groups is 1. The van der Waals surface area contributed by atoms with Crippen molar-refractivity contribution in [2.24, 2.45) is 0 Å². The summed E-state index contributed by atoms with van der Waals surface area (Å²) in [7, 11) is -4.76. The van der Waals surface area contributed by atoms with Crippen LogP contribution in [0.5, 0.6) is 0 Å². The van der Waals surface area contributed by atoms with Gasteiger partial charge in [-0.2, -0.15) is 0 Å². The number of carbonyl (C=O) groups is 2. The molecule has 0 aromatic carbocycles. The lowest BCUT2D eigenvalue weighted by Gasteiger charge is -2.18. The van der Waals surface area contributed by atoms with Crippen molar-refractivity contribution in [2.45, 2.75) is 296 Å². The Hall–Kier alpha value is -1.21. The third-order valence-electron chi connectivity index (χ3n) is 12.0. The predicted molar refractivity (Wildman–Crippen MR) is 258 cm³/mol. The molecule has 0 fully saturated rings. The van der Waals surface area contributed by atoms with Crippen LogP contribution in [-0.4, -0.2) is 41.0 Å². The highest BCUT2D eigenvalue weighted by Crippen LogP contribution is 2.36. The fourth-order valence-electron chi connectivity index (χ4n) is 8.09. The van der Waals surface area contributed by atoms with Crippen molar-refractivity contribution in [1.82, 2.24) is 0 Å². The van der Waals surface area contributed by atoms with E-state index in [0.29, 0.717) is 12.8 Å². The summed E-state index contributed by atoms with van der Waals surface area (Å²) in [6.07, 6.45) is 56.8. The number of allylic oxidation sites excluding steroid dienone is 2. The summed E-state index contributed by atoms with van der Waals surface area (Å²) in [6.45, 7) is 3.73. The van der Waals surface area contributed by atoms with Gasteiger partial charge in [0.2, 0.25) is 0 Å². The molecule has 9 heteroatoms. The molecule has 0 saturated heterocycles. The molecule has 1 atom stereocenters. The van der Waals surface area contributed by atoms with E-state index in [1.807, 2.05) is 0 Å². The zero-order valence-electron chi connectivity index (χ0n) is 40.3. The molecule has 0 heterocycles. The maximum Gasteiger partial charge on any atom is 0.469 e. The second-order valence-corrected chi connectivity index (χ2v) is 19.5. The van der Waals surface area contributed by atoms with Gasteiger partial charge in [-0.05, 0) is 32.1 Å². The normalized spacial score (nSPS) is 12.4. The van der Waals surface area contributed by atoms with Crippen LogP contribution < -0.4 is 0 Å². The van der Waals surface area contributed by atoms with E-state index in [9.17, 15) is 14.2 Å². The maximum atomic E-state index is 12.5. The highest BCUT2D eigenvalue weighted by atomic mass is 31.2. The Kier molecular flexibility index (Phi) is 47.3. The molecular formula is C52H101O8P. The summed E-state index contributed by atoms with van der Waals surface area (Å²) in [5.41, 5.74) is 0. The monoisotopic (exact) mass is 885 g/mol. The molecule has 0 rings (SSSR count). The number of hydrogen-bond acceptors (Lipinski definition) is 6. The SMILES string of the molecule is CCCCCCCCCCCCCCCCCCCC/C=C/CCCC(=O)OC[C@H](COP(=O)(O)O)OC(=O)CCCCCCCCCCCCCCCCCCCCCC. The van der Waals surface area contributed by atoms with Crippen LogP contribution in [-0.2, 0) is 28.2 Å². The van der Waals surface area contributed by atoms with Crippen molar-refractivity contribution in [1.29, 1.82) is 0 Å². The van der Waals surface area contributed by atoms with E-state index in [1.165, 1.54) is 218 Å². The van der Waals surface area contributed by atoms with Crippen LogP contribution in [0.2, 0.25) is 0 Å². The highest BCUT2D eigenvalue weighted by molar-refractivity contribution is 7.46. The molecule has 0 spiro atoms. The topological polar surface area (TPSA) is 119 Å². The van der Waals surface area contributed by atoms with Gasteiger partial charge >= 0.3 is 19.8 Å². The van der Waals surface area contributed by atoms with Crippen LogP contribution in [0.15, 0.2) is 12.2 Å². The van der Waals surface area contributed by atoms with E-state index >= 15 is 0 Å². The average Bonchev–Trinajstić information content (AvgIpc) is 3.23. The molecule has 0 aliphatic heterocycles. The fraction of sp³-hybridized carbons (Fsp3) is 0.923. The zero-order chi connectivity index (χ0) is 44.6. The first-order chi connectivity index (χ1) is 29.8. The summed E-state index contributed by atoms with van der Waals surface area (Å²) in [5.74, 6) is -0.902. The van der Waals surface area contributed by atoms with Gasteiger partial charge in [0.15, 0.2) is 6.10 Å². The van der Waals surface area contributed by atoms with Gasteiger partial charge in [-0.3, -0.25) is 14.1 Å². The Labute approximate surface area is 377 Å². The minimum absolute atomic E-state index is 0.213. The maximum absolute atomic E-state index is 12.5. The van der Waals surface area contributed by atoms with Crippen molar-refractivity contribution in [3.63, 3.8) is 0 Å². The first kappa shape index (κ1) is 59.8. The average molecular weight is 885 g/mol. The van der Waals surface area contributed by atoms with E-state index in [0.717, 1.165) is 32.1 Å². The number of rotatable bonds is 50.